The number of ether oxygens (including phenoxy) is 1. The van der Waals surface area contributed by atoms with Crippen LogP contribution in [0.4, 0.5) is 0 Å². The first-order valence-electron chi connectivity index (χ1n) is 8.76. The molecule has 4 nitrogen and oxygen atoms in total. The molecule has 2 unspecified atom stereocenters. The third-order valence-electron chi connectivity index (χ3n) is 5.19. The molecule has 2 fully saturated rings. The van der Waals surface area contributed by atoms with E-state index < -0.39 is 0 Å². The lowest BCUT2D eigenvalue weighted by Gasteiger charge is -2.41. The van der Waals surface area contributed by atoms with Crippen LogP contribution < -0.4 is 5.32 Å². The number of piperidine rings is 1. The molecule has 23 heavy (non-hydrogen) atoms. The van der Waals surface area contributed by atoms with Crippen LogP contribution in [0.5, 0.6) is 0 Å². The number of nitrogens with one attached hydrogen (secondary N) is 1. The van der Waals surface area contributed by atoms with Crippen molar-refractivity contribution in [3.63, 3.8) is 0 Å². The van der Waals surface area contributed by atoms with E-state index in [4.69, 9.17) is 4.74 Å². The SMILES string of the molecule is Cc1ccc(C)c(C2CN(C(=O)C3CCNCC3)C(C)CO2)c1. The molecule has 1 amide bonds. The third kappa shape index (κ3) is 3.59. The van der Waals surface area contributed by atoms with Gasteiger partial charge in [-0.15, -0.1) is 0 Å². The molecule has 3 rings (SSSR count). The van der Waals surface area contributed by atoms with Gasteiger partial charge in [0.25, 0.3) is 0 Å². The number of hydrogen-bond acceptors (Lipinski definition) is 3. The van der Waals surface area contributed by atoms with Gasteiger partial charge in [0.2, 0.25) is 5.91 Å². The fourth-order valence-electron chi connectivity index (χ4n) is 3.66. The van der Waals surface area contributed by atoms with Gasteiger partial charge >= 0.3 is 0 Å². The number of nitrogens with zero attached hydrogens (tertiary/aromatic N) is 1. The second-order valence-electron chi connectivity index (χ2n) is 7.05. The molecule has 2 aliphatic heterocycles. The Kier molecular flexibility index (Phi) is 5.02. The summed E-state index contributed by atoms with van der Waals surface area (Å²) in [6, 6.07) is 6.63. The van der Waals surface area contributed by atoms with Crippen LogP contribution in [-0.2, 0) is 9.53 Å². The topological polar surface area (TPSA) is 41.6 Å². The summed E-state index contributed by atoms with van der Waals surface area (Å²) in [5, 5.41) is 3.34. The lowest BCUT2D eigenvalue weighted by molar-refractivity contribution is -0.149. The minimum absolute atomic E-state index is 0.00299. The fourth-order valence-corrected chi connectivity index (χ4v) is 3.66. The normalized spacial score (nSPS) is 26.3. The molecular weight excluding hydrogens is 288 g/mol. The molecule has 2 aliphatic rings. The summed E-state index contributed by atoms with van der Waals surface area (Å²) >= 11 is 0. The molecule has 0 aromatic heterocycles. The number of carbonyl (C=O) groups excluding carboxylic acids is 1. The van der Waals surface area contributed by atoms with Gasteiger partial charge in [-0.05, 0) is 57.8 Å². The highest BCUT2D eigenvalue weighted by molar-refractivity contribution is 5.79. The number of aryl methyl sites for hydroxylation is 2. The first-order valence-corrected chi connectivity index (χ1v) is 8.76. The van der Waals surface area contributed by atoms with E-state index in [0.29, 0.717) is 19.1 Å². The Bertz CT molecular complexity index is 566. The summed E-state index contributed by atoms with van der Waals surface area (Å²) in [5.41, 5.74) is 3.70. The monoisotopic (exact) mass is 316 g/mol. The van der Waals surface area contributed by atoms with Gasteiger partial charge in [-0.2, -0.15) is 0 Å². The van der Waals surface area contributed by atoms with E-state index in [1.54, 1.807) is 0 Å². The lowest BCUT2D eigenvalue weighted by Crippen LogP contribution is -2.51. The van der Waals surface area contributed by atoms with Crippen LogP contribution in [0.2, 0.25) is 0 Å². The molecule has 126 valence electrons. The van der Waals surface area contributed by atoms with Crippen molar-refractivity contribution in [1.29, 1.82) is 0 Å². The van der Waals surface area contributed by atoms with Gasteiger partial charge in [0, 0.05) is 5.92 Å². The smallest absolute Gasteiger partial charge is 0.226 e. The molecule has 1 N–H and O–H groups in total. The van der Waals surface area contributed by atoms with E-state index >= 15 is 0 Å². The van der Waals surface area contributed by atoms with Crippen LogP contribution in [0.15, 0.2) is 18.2 Å². The molecule has 0 radical (unpaired) electrons. The van der Waals surface area contributed by atoms with Crippen LogP contribution >= 0.6 is 0 Å². The summed E-state index contributed by atoms with van der Waals surface area (Å²) in [6.45, 7) is 9.52. The number of amides is 1. The van der Waals surface area contributed by atoms with E-state index in [1.165, 1.54) is 16.7 Å². The fraction of sp³-hybridized carbons (Fsp3) is 0.632. The molecule has 1 aromatic rings. The van der Waals surface area contributed by atoms with Gasteiger partial charge < -0.3 is 15.0 Å². The van der Waals surface area contributed by atoms with Crippen LogP contribution in [0, 0.1) is 19.8 Å². The quantitative estimate of drug-likeness (QED) is 0.912. The lowest BCUT2D eigenvalue weighted by atomic mass is 9.94. The van der Waals surface area contributed by atoms with Crippen molar-refractivity contribution in [2.24, 2.45) is 5.92 Å². The molecule has 1 aromatic carbocycles. The van der Waals surface area contributed by atoms with Crippen molar-refractivity contribution in [2.75, 3.05) is 26.2 Å². The minimum Gasteiger partial charge on any atom is -0.370 e. The molecule has 2 heterocycles. The summed E-state index contributed by atoms with van der Waals surface area (Å²) < 4.78 is 6.07. The first-order chi connectivity index (χ1) is 11.1. The van der Waals surface area contributed by atoms with Crippen molar-refractivity contribution in [2.45, 2.75) is 45.8 Å². The average Bonchev–Trinajstić information content (AvgIpc) is 2.58. The van der Waals surface area contributed by atoms with Crippen LogP contribution in [0.25, 0.3) is 0 Å². The number of hydrogen-bond donors (Lipinski definition) is 1. The predicted octanol–water partition coefficient (Wildman–Crippen LogP) is 2.59. The first kappa shape index (κ1) is 16.5. The van der Waals surface area contributed by atoms with E-state index in [9.17, 15) is 4.79 Å². The zero-order valence-electron chi connectivity index (χ0n) is 14.5. The van der Waals surface area contributed by atoms with Crippen molar-refractivity contribution in [3.8, 4) is 0 Å². The van der Waals surface area contributed by atoms with Gasteiger partial charge in [0.1, 0.15) is 6.10 Å². The molecular formula is C19H28N2O2. The van der Waals surface area contributed by atoms with E-state index in [-0.39, 0.29) is 18.1 Å². The summed E-state index contributed by atoms with van der Waals surface area (Å²) in [7, 11) is 0. The van der Waals surface area contributed by atoms with E-state index in [0.717, 1.165) is 25.9 Å². The predicted molar refractivity (Wildman–Crippen MR) is 91.4 cm³/mol. The maximum Gasteiger partial charge on any atom is 0.226 e. The molecule has 2 atom stereocenters. The van der Waals surface area contributed by atoms with Crippen molar-refractivity contribution in [3.05, 3.63) is 34.9 Å². The van der Waals surface area contributed by atoms with Crippen molar-refractivity contribution in [1.82, 2.24) is 10.2 Å². The highest BCUT2D eigenvalue weighted by Gasteiger charge is 2.34. The van der Waals surface area contributed by atoms with Crippen molar-refractivity contribution < 1.29 is 9.53 Å². The molecule has 0 aliphatic carbocycles. The average molecular weight is 316 g/mol. The van der Waals surface area contributed by atoms with Crippen LogP contribution in [-0.4, -0.2) is 43.1 Å². The minimum atomic E-state index is -0.00299. The van der Waals surface area contributed by atoms with Crippen LogP contribution in [0.1, 0.15) is 42.6 Å². The Balaban J connectivity index is 1.76. The standard InChI is InChI=1S/C19H28N2O2/c1-13-4-5-14(2)17(10-13)18-11-21(15(3)12-23-18)19(22)16-6-8-20-9-7-16/h4-5,10,15-16,18,20H,6-9,11-12H2,1-3H3. The summed E-state index contributed by atoms with van der Waals surface area (Å²) in [6.07, 6.45) is 1.91. The van der Waals surface area contributed by atoms with Gasteiger partial charge in [-0.1, -0.05) is 23.8 Å². The Morgan fingerprint density at radius 3 is 2.74 bits per heavy atom. The molecule has 2 saturated heterocycles. The number of benzene rings is 1. The van der Waals surface area contributed by atoms with E-state index in [2.05, 4.69) is 49.2 Å². The molecule has 0 bridgehead atoms. The number of rotatable bonds is 2. The van der Waals surface area contributed by atoms with E-state index in [1.807, 2.05) is 0 Å². The highest BCUT2D eigenvalue weighted by Crippen LogP contribution is 2.29. The second-order valence-corrected chi connectivity index (χ2v) is 7.05. The van der Waals surface area contributed by atoms with Gasteiger partial charge in [-0.3, -0.25) is 4.79 Å². The Labute approximate surface area is 139 Å². The number of morpholine rings is 1. The Hall–Kier alpha value is -1.39. The maximum atomic E-state index is 12.9. The summed E-state index contributed by atoms with van der Waals surface area (Å²) in [5.74, 6) is 0.494. The van der Waals surface area contributed by atoms with Gasteiger partial charge in [0.15, 0.2) is 0 Å². The molecule has 0 saturated carbocycles. The zero-order valence-corrected chi connectivity index (χ0v) is 14.5. The van der Waals surface area contributed by atoms with Crippen molar-refractivity contribution >= 4 is 5.91 Å². The summed E-state index contributed by atoms with van der Waals surface area (Å²) in [4.78, 5) is 15.0. The zero-order chi connectivity index (χ0) is 16.4. The molecule has 0 spiro atoms. The van der Waals surface area contributed by atoms with Gasteiger partial charge in [0.05, 0.1) is 19.2 Å². The highest BCUT2D eigenvalue weighted by atomic mass is 16.5. The Morgan fingerprint density at radius 2 is 2.00 bits per heavy atom. The third-order valence-corrected chi connectivity index (χ3v) is 5.19. The maximum absolute atomic E-state index is 12.9. The number of carbonyl (C=O) groups is 1. The van der Waals surface area contributed by atoms with Gasteiger partial charge in [-0.25, -0.2) is 0 Å². The Morgan fingerprint density at radius 1 is 1.26 bits per heavy atom. The largest absolute Gasteiger partial charge is 0.370 e. The molecule has 4 heteroatoms. The van der Waals surface area contributed by atoms with Crippen LogP contribution in [0.3, 0.4) is 0 Å². The second kappa shape index (κ2) is 7.02.